The van der Waals surface area contributed by atoms with E-state index in [-0.39, 0.29) is 41.5 Å². The topological polar surface area (TPSA) is 38.4 Å². The minimum Gasteiger partial charge on any atom is -0.594 e. The lowest BCUT2D eigenvalue weighted by molar-refractivity contribution is -0.435. The van der Waals surface area contributed by atoms with Crippen LogP contribution in [0.4, 0.5) is 11.4 Å². The molecule has 0 amide bonds. The van der Waals surface area contributed by atoms with Crippen molar-refractivity contribution in [3.05, 3.63) is 59.6 Å². The van der Waals surface area contributed by atoms with Crippen LogP contribution in [0.25, 0.3) is 0 Å². The molecule has 3 nitrogen and oxygen atoms in total. The van der Waals surface area contributed by atoms with Gasteiger partial charge >= 0.3 is 0 Å². The van der Waals surface area contributed by atoms with Crippen molar-refractivity contribution >= 4 is 81.0 Å². The van der Waals surface area contributed by atoms with E-state index in [0.29, 0.717) is 4.86 Å². The molecule has 0 aliphatic carbocycles. The molecule has 2 aromatic rings. The Hall–Kier alpha value is -0.420. The molecule has 110 valence electrons. The molecule has 21 heavy (non-hydrogen) atoms. The lowest BCUT2D eigenvalue weighted by atomic mass is 10.3. The number of rotatable bonds is 2. The van der Waals surface area contributed by atoms with E-state index in [1.165, 1.54) is 24.3 Å². The largest absolute Gasteiger partial charge is 0.594 e. The van der Waals surface area contributed by atoms with Crippen LogP contribution in [0.3, 0.4) is 0 Å². The fourth-order valence-electron chi connectivity index (χ4n) is 1.42. The number of azo groups is 1. The number of benzene rings is 2. The van der Waals surface area contributed by atoms with Crippen LogP contribution in [-0.4, -0.2) is 4.86 Å². The summed E-state index contributed by atoms with van der Waals surface area (Å²) >= 11 is 35.1. The van der Waals surface area contributed by atoms with Crippen LogP contribution in [0.2, 0.25) is 30.1 Å². The van der Waals surface area contributed by atoms with E-state index in [1.807, 2.05) is 0 Å². The molecule has 2 aromatic carbocycles. The fraction of sp³-hybridized carbons (Fsp3) is 0. The van der Waals surface area contributed by atoms with E-state index in [1.54, 1.807) is 0 Å². The average Bonchev–Trinajstić information content (AvgIpc) is 2.41. The molecular formula is C12H4Cl6N2O. The highest BCUT2D eigenvalue weighted by Crippen LogP contribution is 2.36. The smallest absolute Gasteiger partial charge is 0.248 e. The van der Waals surface area contributed by atoms with Crippen LogP contribution in [-0.2, 0) is 0 Å². The van der Waals surface area contributed by atoms with Crippen LogP contribution in [0.1, 0.15) is 0 Å². The van der Waals surface area contributed by atoms with Gasteiger partial charge in [0, 0.05) is 17.2 Å². The Morgan fingerprint density at radius 1 is 0.714 bits per heavy atom. The Kier molecular flexibility index (Phi) is 5.47. The van der Waals surface area contributed by atoms with Gasteiger partial charge in [-0.3, -0.25) is 0 Å². The third-order valence-corrected chi connectivity index (χ3v) is 4.76. The van der Waals surface area contributed by atoms with Gasteiger partial charge in [-0.1, -0.05) is 74.5 Å². The highest BCUT2D eigenvalue weighted by molar-refractivity contribution is 6.48. The maximum absolute atomic E-state index is 12.0. The molecule has 0 aliphatic rings. The Labute approximate surface area is 150 Å². The van der Waals surface area contributed by atoms with Gasteiger partial charge < -0.3 is 5.21 Å². The zero-order chi connectivity index (χ0) is 15.7. The Balaban J connectivity index is 2.46. The number of halogens is 6. The molecule has 0 fully saturated rings. The summed E-state index contributed by atoms with van der Waals surface area (Å²) in [7, 11) is 0. The summed E-state index contributed by atoms with van der Waals surface area (Å²) in [5.41, 5.74) is 0.336. The van der Waals surface area contributed by atoms with Crippen LogP contribution in [0.15, 0.2) is 29.4 Å². The lowest BCUT2D eigenvalue weighted by Gasteiger charge is -2.04. The van der Waals surface area contributed by atoms with Crippen molar-refractivity contribution in [1.29, 1.82) is 0 Å². The summed E-state index contributed by atoms with van der Waals surface area (Å²) in [6, 6.07) is 5.48. The van der Waals surface area contributed by atoms with E-state index in [2.05, 4.69) is 5.11 Å². The van der Waals surface area contributed by atoms with Crippen molar-refractivity contribution < 1.29 is 4.86 Å². The molecule has 0 heterocycles. The molecule has 0 aliphatic heterocycles. The number of hydrogen-bond acceptors (Lipinski definition) is 2. The summed E-state index contributed by atoms with van der Waals surface area (Å²) in [6.45, 7) is 0. The molecule has 0 N–H and O–H groups in total. The van der Waals surface area contributed by atoms with Crippen LogP contribution < -0.4 is 0 Å². The van der Waals surface area contributed by atoms with E-state index in [4.69, 9.17) is 69.6 Å². The van der Waals surface area contributed by atoms with Gasteiger partial charge in [0.2, 0.25) is 5.69 Å². The third kappa shape index (κ3) is 3.86. The van der Waals surface area contributed by atoms with Gasteiger partial charge in [0.1, 0.15) is 5.69 Å². The van der Waals surface area contributed by atoms with Crippen LogP contribution in [0, 0.1) is 5.21 Å². The van der Waals surface area contributed by atoms with E-state index in [0.717, 1.165) is 0 Å². The van der Waals surface area contributed by atoms with E-state index >= 15 is 0 Å². The second-order valence-corrected chi connectivity index (χ2v) is 6.20. The highest BCUT2D eigenvalue weighted by atomic mass is 35.5. The summed E-state index contributed by atoms with van der Waals surface area (Å²) in [5, 5.41) is 16.8. The number of hydrogen-bond donors (Lipinski definition) is 0. The number of nitrogens with zero attached hydrogens (tertiary/aromatic N) is 2. The minimum atomic E-state index is 0.108. The summed E-state index contributed by atoms with van der Waals surface area (Å²) < 4.78 is 0. The van der Waals surface area contributed by atoms with Crippen molar-refractivity contribution in [3.8, 4) is 0 Å². The first-order valence-corrected chi connectivity index (χ1v) is 7.54. The summed E-state index contributed by atoms with van der Waals surface area (Å²) in [5.74, 6) is 0. The standard InChI is InChI=1S/C12H4Cl6N2O/c13-7-1-5(2-8(14)11(7)17)19-20(21)6-3-9(15)12(18)10(16)4-6/h1-4H. The molecule has 0 spiro atoms. The molecule has 0 atom stereocenters. The Morgan fingerprint density at radius 3 is 1.52 bits per heavy atom. The average molecular weight is 405 g/mol. The summed E-state index contributed by atoms with van der Waals surface area (Å²) in [6.07, 6.45) is 0. The molecule has 9 heteroatoms. The Morgan fingerprint density at radius 2 is 1.10 bits per heavy atom. The van der Waals surface area contributed by atoms with Crippen molar-refractivity contribution in [2.45, 2.75) is 0 Å². The Bertz CT molecular complexity index is 701. The molecule has 0 radical (unpaired) electrons. The fourth-order valence-corrected chi connectivity index (χ4v) is 2.58. The molecule has 0 aromatic heterocycles. The van der Waals surface area contributed by atoms with Crippen molar-refractivity contribution in [1.82, 2.24) is 0 Å². The lowest BCUT2D eigenvalue weighted by Crippen LogP contribution is -1.91. The van der Waals surface area contributed by atoms with E-state index in [9.17, 15) is 5.21 Å². The maximum atomic E-state index is 12.0. The van der Waals surface area contributed by atoms with E-state index < -0.39 is 0 Å². The zero-order valence-electron chi connectivity index (χ0n) is 9.88. The van der Waals surface area contributed by atoms with Crippen LogP contribution >= 0.6 is 69.6 Å². The molecule has 0 saturated carbocycles. The third-order valence-electron chi connectivity index (χ3n) is 2.36. The minimum absolute atomic E-state index is 0.108. The first-order valence-electron chi connectivity index (χ1n) is 5.27. The van der Waals surface area contributed by atoms with Gasteiger partial charge in [-0.15, -0.1) is 0 Å². The van der Waals surface area contributed by atoms with Crippen molar-refractivity contribution in [3.63, 3.8) is 0 Å². The van der Waals surface area contributed by atoms with Crippen molar-refractivity contribution in [2.75, 3.05) is 0 Å². The first kappa shape index (κ1) is 16.9. The van der Waals surface area contributed by atoms with Gasteiger partial charge in [-0.25, -0.2) is 0 Å². The van der Waals surface area contributed by atoms with Gasteiger partial charge in [0.15, 0.2) is 0 Å². The molecule has 0 unspecified atom stereocenters. The normalized spacial score (nSPS) is 11.8. The first-order chi connectivity index (χ1) is 9.79. The SMILES string of the molecule is [O-][N+](=Nc1cc(Cl)c(Cl)c(Cl)c1)c1cc(Cl)c(Cl)c(Cl)c1. The van der Waals surface area contributed by atoms with Gasteiger partial charge in [-0.05, 0) is 12.1 Å². The molecule has 0 bridgehead atoms. The predicted molar refractivity (Wildman–Crippen MR) is 88.3 cm³/mol. The van der Waals surface area contributed by atoms with Gasteiger partial charge in [-0.2, -0.15) is 0 Å². The second-order valence-electron chi connectivity index (χ2n) is 3.82. The quantitative estimate of drug-likeness (QED) is 0.220. The molecule has 0 saturated heterocycles. The van der Waals surface area contributed by atoms with Crippen molar-refractivity contribution in [2.24, 2.45) is 5.11 Å². The second kappa shape index (κ2) is 6.78. The van der Waals surface area contributed by atoms with Crippen LogP contribution in [0.5, 0.6) is 0 Å². The molecule has 2 rings (SSSR count). The molecular weight excluding hydrogens is 401 g/mol. The predicted octanol–water partition coefficient (Wildman–Crippen LogP) is 7.53. The summed E-state index contributed by atoms with van der Waals surface area (Å²) in [4.78, 5) is 0.323. The van der Waals surface area contributed by atoms with Gasteiger partial charge in [0.05, 0.1) is 30.1 Å². The monoisotopic (exact) mass is 402 g/mol. The maximum Gasteiger partial charge on any atom is 0.248 e. The van der Waals surface area contributed by atoms with Gasteiger partial charge in [0.25, 0.3) is 0 Å². The zero-order valence-corrected chi connectivity index (χ0v) is 14.4. The highest BCUT2D eigenvalue weighted by Gasteiger charge is 2.13.